The zero-order valence-corrected chi connectivity index (χ0v) is 16.4. The second kappa shape index (κ2) is 7.95. The summed E-state index contributed by atoms with van der Waals surface area (Å²) in [7, 11) is 0. The highest BCUT2D eigenvalue weighted by atomic mass is 19.1. The van der Waals surface area contributed by atoms with E-state index >= 15 is 0 Å². The second-order valence-corrected chi connectivity index (χ2v) is 6.93. The topological polar surface area (TPSA) is 65.4 Å². The van der Waals surface area contributed by atoms with Crippen LogP contribution in [-0.4, -0.2) is 28.9 Å². The van der Waals surface area contributed by atoms with Crippen molar-refractivity contribution in [2.75, 3.05) is 13.2 Å². The summed E-state index contributed by atoms with van der Waals surface area (Å²) in [5.74, 6) is 0.988. The molecule has 1 aliphatic rings. The van der Waals surface area contributed by atoms with E-state index in [9.17, 15) is 9.18 Å². The number of fused-ring (bicyclic) bond motifs is 1. The molecule has 0 atom stereocenters. The number of hydrogen-bond donors (Lipinski definition) is 1. The molecule has 1 aromatic heterocycles. The van der Waals surface area contributed by atoms with E-state index in [1.807, 2.05) is 32.0 Å². The van der Waals surface area contributed by atoms with E-state index in [-0.39, 0.29) is 18.1 Å². The van der Waals surface area contributed by atoms with Crippen LogP contribution in [0.5, 0.6) is 11.5 Å². The number of para-hydroxylation sites is 1. The monoisotopic (exact) mass is 395 g/mol. The van der Waals surface area contributed by atoms with Crippen molar-refractivity contribution in [1.29, 1.82) is 0 Å². The molecule has 0 bridgehead atoms. The molecule has 29 heavy (non-hydrogen) atoms. The zero-order chi connectivity index (χ0) is 20.4. The lowest BCUT2D eigenvalue weighted by molar-refractivity contribution is -0.120. The van der Waals surface area contributed by atoms with Crippen molar-refractivity contribution < 1.29 is 18.7 Å². The van der Waals surface area contributed by atoms with Crippen LogP contribution in [0.25, 0.3) is 5.69 Å². The summed E-state index contributed by atoms with van der Waals surface area (Å²) in [6, 6.07) is 11.8. The van der Waals surface area contributed by atoms with Crippen LogP contribution in [0.4, 0.5) is 4.39 Å². The number of halogens is 1. The molecule has 2 heterocycles. The fourth-order valence-electron chi connectivity index (χ4n) is 3.45. The zero-order valence-electron chi connectivity index (χ0n) is 16.4. The standard InChI is InChI=1S/C22H22FN3O3/c1-14-19(15(2)26(25-14)18-8-6-17(23)7-9-18)12-21(27)24-13-16-4-3-5-20-22(16)29-11-10-28-20/h3-9H,10-13H2,1-2H3,(H,24,27). The minimum atomic E-state index is -0.299. The SMILES string of the molecule is Cc1nn(-c2ccc(F)cc2)c(C)c1CC(=O)NCc1cccc2c1OCCO2. The summed E-state index contributed by atoms with van der Waals surface area (Å²) in [4.78, 5) is 12.6. The van der Waals surface area contributed by atoms with E-state index in [4.69, 9.17) is 9.47 Å². The highest BCUT2D eigenvalue weighted by Crippen LogP contribution is 2.33. The van der Waals surface area contributed by atoms with Gasteiger partial charge in [-0.25, -0.2) is 9.07 Å². The predicted octanol–water partition coefficient (Wildman–Crippen LogP) is 3.26. The van der Waals surface area contributed by atoms with Crippen LogP contribution < -0.4 is 14.8 Å². The molecule has 0 aliphatic carbocycles. The van der Waals surface area contributed by atoms with Crippen molar-refractivity contribution in [3.05, 3.63) is 70.8 Å². The van der Waals surface area contributed by atoms with Crippen LogP contribution in [0.1, 0.15) is 22.5 Å². The normalized spacial score (nSPS) is 12.7. The van der Waals surface area contributed by atoms with Crippen molar-refractivity contribution >= 4 is 5.91 Å². The predicted molar refractivity (Wildman–Crippen MR) is 106 cm³/mol. The average molecular weight is 395 g/mol. The first-order valence-corrected chi connectivity index (χ1v) is 9.48. The number of aryl methyl sites for hydroxylation is 1. The molecule has 6 nitrogen and oxygen atoms in total. The van der Waals surface area contributed by atoms with Gasteiger partial charge in [0.1, 0.15) is 19.0 Å². The van der Waals surface area contributed by atoms with Gasteiger partial charge in [-0.2, -0.15) is 5.10 Å². The summed E-state index contributed by atoms with van der Waals surface area (Å²) in [6.07, 6.45) is 0.214. The summed E-state index contributed by atoms with van der Waals surface area (Å²) >= 11 is 0. The van der Waals surface area contributed by atoms with Gasteiger partial charge in [-0.05, 0) is 44.2 Å². The lowest BCUT2D eigenvalue weighted by Gasteiger charge is -2.21. The number of amides is 1. The number of aromatic nitrogens is 2. The Kier molecular flexibility index (Phi) is 5.20. The minimum absolute atomic E-state index is 0.107. The maximum atomic E-state index is 13.2. The van der Waals surface area contributed by atoms with Crippen LogP contribution >= 0.6 is 0 Å². The Morgan fingerprint density at radius 1 is 1.14 bits per heavy atom. The maximum absolute atomic E-state index is 13.2. The maximum Gasteiger partial charge on any atom is 0.224 e. The molecule has 7 heteroatoms. The fourth-order valence-corrected chi connectivity index (χ4v) is 3.45. The van der Waals surface area contributed by atoms with Crippen LogP contribution in [-0.2, 0) is 17.8 Å². The van der Waals surface area contributed by atoms with Gasteiger partial charge in [0.15, 0.2) is 11.5 Å². The molecular formula is C22H22FN3O3. The summed E-state index contributed by atoms with van der Waals surface area (Å²) in [6.45, 7) is 5.16. The lowest BCUT2D eigenvalue weighted by atomic mass is 10.1. The van der Waals surface area contributed by atoms with Crippen molar-refractivity contribution in [3.8, 4) is 17.2 Å². The van der Waals surface area contributed by atoms with Gasteiger partial charge >= 0.3 is 0 Å². The Bertz CT molecular complexity index is 1040. The Hall–Kier alpha value is -3.35. The number of benzene rings is 2. The van der Waals surface area contributed by atoms with Gasteiger partial charge in [0.05, 0.1) is 17.8 Å². The van der Waals surface area contributed by atoms with Gasteiger partial charge in [0.25, 0.3) is 0 Å². The first-order valence-electron chi connectivity index (χ1n) is 9.48. The van der Waals surface area contributed by atoms with E-state index in [0.29, 0.717) is 31.3 Å². The molecule has 0 unspecified atom stereocenters. The van der Waals surface area contributed by atoms with Gasteiger partial charge in [0.2, 0.25) is 5.91 Å². The highest BCUT2D eigenvalue weighted by molar-refractivity contribution is 5.79. The van der Waals surface area contributed by atoms with E-state index < -0.39 is 0 Å². The molecule has 0 fully saturated rings. The molecular weight excluding hydrogens is 373 g/mol. The van der Waals surface area contributed by atoms with E-state index in [0.717, 1.165) is 28.2 Å². The van der Waals surface area contributed by atoms with Crippen molar-refractivity contribution in [2.45, 2.75) is 26.8 Å². The number of ether oxygens (including phenoxy) is 2. The van der Waals surface area contributed by atoms with Crippen LogP contribution in [0, 0.1) is 19.7 Å². The van der Waals surface area contributed by atoms with E-state index in [2.05, 4.69) is 10.4 Å². The molecule has 3 aromatic rings. The van der Waals surface area contributed by atoms with Crippen molar-refractivity contribution in [1.82, 2.24) is 15.1 Å². The van der Waals surface area contributed by atoms with Gasteiger partial charge in [-0.1, -0.05) is 12.1 Å². The third kappa shape index (κ3) is 3.94. The smallest absolute Gasteiger partial charge is 0.224 e. The van der Waals surface area contributed by atoms with Crippen LogP contribution in [0.3, 0.4) is 0 Å². The number of hydrogen-bond acceptors (Lipinski definition) is 4. The quantitative estimate of drug-likeness (QED) is 0.720. The summed E-state index contributed by atoms with van der Waals surface area (Å²) in [5, 5.41) is 7.46. The van der Waals surface area contributed by atoms with Crippen LogP contribution in [0.2, 0.25) is 0 Å². The minimum Gasteiger partial charge on any atom is -0.486 e. The number of rotatable bonds is 5. The number of carbonyl (C=O) groups excluding carboxylic acids is 1. The number of nitrogens with one attached hydrogen (secondary N) is 1. The van der Waals surface area contributed by atoms with E-state index in [1.165, 1.54) is 12.1 Å². The van der Waals surface area contributed by atoms with Gasteiger partial charge in [-0.15, -0.1) is 0 Å². The second-order valence-electron chi connectivity index (χ2n) is 6.93. The van der Waals surface area contributed by atoms with Gasteiger partial charge in [-0.3, -0.25) is 4.79 Å². The summed E-state index contributed by atoms with van der Waals surface area (Å²) < 4.78 is 26.2. The first-order chi connectivity index (χ1) is 14.0. The Labute approximate surface area is 168 Å². The Morgan fingerprint density at radius 2 is 1.90 bits per heavy atom. The van der Waals surface area contributed by atoms with E-state index in [1.54, 1.807) is 16.8 Å². The summed E-state index contributed by atoms with van der Waals surface area (Å²) in [5.41, 5.74) is 4.13. The van der Waals surface area contributed by atoms with Crippen molar-refractivity contribution in [2.24, 2.45) is 0 Å². The van der Waals surface area contributed by atoms with Crippen LogP contribution in [0.15, 0.2) is 42.5 Å². The molecule has 0 saturated heterocycles. The molecule has 4 rings (SSSR count). The average Bonchev–Trinajstić information content (AvgIpc) is 3.01. The first kappa shape index (κ1) is 19.0. The largest absolute Gasteiger partial charge is 0.486 e. The molecule has 0 radical (unpaired) electrons. The third-order valence-corrected chi connectivity index (χ3v) is 4.97. The number of carbonyl (C=O) groups is 1. The number of nitrogens with zero attached hydrogens (tertiary/aromatic N) is 2. The molecule has 150 valence electrons. The molecule has 0 spiro atoms. The van der Waals surface area contributed by atoms with Crippen molar-refractivity contribution in [3.63, 3.8) is 0 Å². The molecule has 1 aliphatic heterocycles. The molecule has 2 aromatic carbocycles. The highest BCUT2D eigenvalue weighted by Gasteiger charge is 2.18. The van der Waals surface area contributed by atoms with Gasteiger partial charge < -0.3 is 14.8 Å². The molecule has 1 N–H and O–H groups in total. The van der Waals surface area contributed by atoms with Gasteiger partial charge in [0, 0.05) is 23.4 Å². The molecule has 1 amide bonds. The fraction of sp³-hybridized carbons (Fsp3) is 0.273. The third-order valence-electron chi connectivity index (χ3n) is 4.97. The molecule has 0 saturated carbocycles. The Balaban J connectivity index is 1.46. The lowest BCUT2D eigenvalue weighted by Crippen LogP contribution is -2.26. The Morgan fingerprint density at radius 3 is 2.69 bits per heavy atom.